The molecule has 0 radical (unpaired) electrons. The molecule has 10 heteroatoms. The van der Waals surface area contributed by atoms with Gasteiger partial charge in [0.15, 0.2) is 11.0 Å². The average Bonchev–Trinajstić information content (AvgIpc) is 3.10. The van der Waals surface area contributed by atoms with Crippen LogP contribution in [0.4, 0.5) is 0 Å². The number of hydrogen-bond acceptors (Lipinski definition) is 5. The minimum Gasteiger partial charge on any atom is -0.494 e. The summed E-state index contributed by atoms with van der Waals surface area (Å²) in [6.07, 6.45) is 1.58. The molecule has 3 rings (SSSR count). The van der Waals surface area contributed by atoms with Crippen molar-refractivity contribution in [2.45, 2.75) is 18.6 Å². The molecule has 0 spiro atoms. The largest absolute Gasteiger partial charge is 0.494 e. The third-order valence-corrected chi connectivity index (χ3v) is 6.50. The van der Waals surface area contributed by atoms with E-state index < -0.39 is 5.97 Å². The summed E-state index contributed by atoms with van der Waals surface area (Å²) < 4.78 is 8.58. The van der Waals surface area contributed by atoms with E-state index in [1.807, 2.05) is 23.6 Å². The Kier molecular flexibility index (Phi) is 7.62. The van der Waals surface area contributed by atoms with Gasteiger partial charge in [-0.25, -0.2) is 4.79 Å². The maximum absolute atomic E-state index is 11.9. The Labute approximate surface area is 199 Å². The van der Waals surface area contributed by atoms with E-state index in [-0.39, 0.29) is 4.91 Å². The van der Waals surface area contributed by atoms with E-state index in [0.717, 1.165) is 17.3 Å². The third kappa shape index (κ3) is 5.08. The number of benzene rings is 2. The fourth-order valence-corrected chi connectivity index (χ4v) is 5.26. The third-order valence-electron chi connectivity index (χ3n) is 4.07. The Morgan fingerprint density at radius 1 is 1.23 bits per heavy atom. The van der Waals surface area contributed by atoms with Crippen LogP contribution in [0.5, 0.6) is 5.75 Å². The fraction of sp³-hybridized carbons (Fsp3) is 0.150. The summed E-state index contributed by atoms with van der Waals surface area (Å²) in [4.78, 5) is 12.0. The SMILES string of the molecule is CCn1c(S/C(=C\c2cc(Br)c(OC)c(Br)c2)C(=O)O)nnc1-c1ccc(Cl)cc1. The second-order valence-corrected chi connectivity index (χ2v) is 9.15. The van der Waals surface area contributed by atoms with Crippen molar-refractivity contribution >= 4 is 67.3 Å². The Morgan fingerprint density at radius 3 is 2.40 bits per heavy atom. The average molecular weight is 574 g/mol. The van der Waals surface area contributed by atoms with E-state index in [0.29, 0.717) is 42.8 Å². The smallest absolute Gasteiger partial charge is 0.342 e. The van der Waals surface area contributed by atoms with E-state index in [2.05, 4.69) is 42.1 Å². The normalized spacial score (nSPS) is 11.6. The first-order valence-electron chi connectivity index (χ1n) is 8.69. The lowest BCUT2D eigenvalue weighted by Gasteiger charge is -2.09. The second-order valence-electron chi connectivity index (χ2n) is 5.99. The first-order chi connectivity index (χ1) is 14.3. The van der Waals surface area contributed by atoms with Gasteiger partial charge in [-0.05, 0) is 98.6 Å². The Bertz CT molecular complexity index is 1090. The molecule has 1 N–H and O–H groups in total. The molecule has 0 unspecified atom stereocenters. The molecule has 0 bridgehead atoms. The number of carboxylic acids is 1. The van der Waals surface area contributed by atoms with Gasteiger partial charge < -0.3 is 14.4 Å². The van der Waals surface area contributed by atoms with Crippen molar-refractivity contribution in [3.63, 3.8) is 0 Å². The zero-order chi connectivity index (χ0) is 21.8. The molecule has 1 aromatic heterocycles. The van der Waals surface area contributed by atoms with Gasteiger partial charge in [0.25, 0.3) is 0 Å². The van der Waals surface area contributed by atoms with Crippen LogP contribution in [0, 0.1) is 0 Å². The molecule has 156 valence electrons. The van der Waals surface area contributed by atoms with Crippen LogP contribution in [0.1, 0.15) is 12.5 Å². The topological polar surface area (TPSA) is 77.2 Å². The van der Waals surface area contributed by atoms with Crippen LogP contribution < -0.4 is 4.74 Å². The van der Waals surface area contributed by atoms with Crippen molar-refractivity contribution in [2.24, 2.45) is 0 Å². The van der Waals surface area contributed by atoms with Gasteiger partial charge in [0.1, 0.15) is 10.7 Å². The number of rotatable bonds is 7. The van der Waals surface area contributed by atoms with Gasteiger partial charge in [-0.1, -0.05) is 11.6 Å². The highest BCUT2D eigenvalue weighted by Crippen LogP contribution is 2.36. The van der Waals surface area contributed by atoms with Crippen molar-refractivity contribution in [1.29, 1.82) is 0 Å². The lowest BCUT2D eigenvalue weighted by atomic mass is 10.2. The van der Waals surface area contributed by atoms with Gasteiger partial charge >= 0.3 is 5.97 Å². The molecule has 0 aliphatic rings. The van der Waals surface area contributed by atoms with Crippen LogP contribution in [0.15, 0.2) is 55.4 Å². The van der Waals surface area contributed by atoms with Gasteiger partial charge in [-0.2, -0.15) is 0 Å². The van der Waals surface area contributed by atoms with Crippen molar-refractivity contribution in [3.05, 3.63) is 60.8 Å². The summed E-state index contributed by atoms with van der Waals surface area (Å²) in [6.45, 7) is 2.54. The van der Waals surface area contributed by atoms with Crippen LogP contribution >= 0.6 is 55.2 Å². The molecular formula is C20H16Br2ClN3O3S. The van der Waals surface area contributed by atoms with E-state index >= 15 is 0 Å². The molecule has 0 saturated heterocycles. The summed E-state index contributed by atoms with van der Waals surface area (Å²) in [6, 6.07) is 10.8. The minimum atomic E-state index is -1.05. The zero-order valence-electron chi connectivity index (χ0n) is 15.9. The number of halogens is 3. The summed E-state index contributed by atoms with van der Waals surface area (Å²) in [5.74, 6) is 0.230. The lowest BCUT2D eigenvalue weighted by molar-refractivity contribution is -0.131. The standard InChI is InChI=1S/C20H16Br2ClN3O3S/c1-3-26-18(12-4-6-13(23)7-5-12)24-25-20(26)30-16(19(27)28)10-11-8-14(21)17(29-2)15(22)9-11/h4-10H,3H2,1-2H3,(H,27,28)/b16-10-. The maximum atomic E-state index is 11.9. The highest BCUT2D eigenvalue weighted by atomic mass is 79.9. The van der Waals surface area contributed by atoms with Gasteiger partial charge in [-0.3, -0.25) is 0 Å². The molecular weight excluding hydrogens is 558 g/mol. The van der Waals surface area contributed by atoms with Gasteiger partial charge in [0, 0.05) is 17.1 Å². The number of carboxylic acid groups (broad SMARTS) is 1. The Balaban J connectivity index is 1.97. The molecule has 0 aliphatic carbocycles. The van der Waals surface area contributed by atoms with Crippen molar-refractivity contribution in [3.8, 4) is 17.1 Å². The fourth-order valence-electron chi connectivity index (χ4n) is 2.70. The van der Waals surface area contributed by atoms with Gasteiger partial charge in [0.2, 0.25) is 0 Å². The number of carbonyl (C=O) groups is 1. The highest BCUT2D eigenvalue weighted by Gasteiger charge is 2.19. The predicted molar refractivity (Wildman–Crippen MR) is 126 cm³/mol. The van der Waals surface area contributed by atoms with Crippen molar-refractivity contribution in [2.75, 3.05) is 7.11 Å². The van der Waals surface area contributed by atoms with E-state index in [9.17, 15) is 9.90 Å². The number of aromatic nitrogens is 3. The monoisotopic (exact) mass is 571 g/mol. The number of methoxy groups -OCH3 is 1. The highest BCUT2D eigenvalue weighted by molar-refractivity contribution is 9.11. The van der Waals surface area contributed by atoms with Crippen LogP contribution in [0.2, 0.25) is 5.02 Å². The quantitative estimate of drug-likeness (QED) is 0.262. The van der Waals surface area contributed by atoms with Crippen LogP contribution in [-0.2, 0) is 11.3 Å². The van der Waals surface area contributed by atoms with Gasteiger partial charge in [0.05, 0.1) is 16.1 Å². The predicted octanol–water partition coefficient (Wildman–Crippen LogP) is 6.37. The number of hydrogen-bond donors (Lipinski definition) is 1. The molecule has 30 heavy (non-hydrogen) atoms. The van der Waals surface area contributed by atoms with E-state index in [4.69, 9.17) is 16.3 Å². The molecule has 1 heterocycles. The van der Waals surface area contributed by atoms with Crippen LogP contribution in [0.25, 0.3) is 17.5 Å². The summed E-state index contributed by atoms with van der Waals surface area (Å²) in [5.41, 5.74) is 1.55. The number of thioether (sulfide) groups is 1. The Hall–Kier alpha value is -1.81. The van der Waals surface area contributed by atoms with Gasteiger partial charge in [-0.15, -0.1) is 10.2 Å². The summed E-state index contributed by atoms with van der Waals surface area (Å²) in [5, 5.41) is 19.3. The molecule has 2 aromatic carbocycles. The minimum absolute atomic E-state index is 0.115. The number of aliphatic carboxylic acids is 1. The molecule has 0 atom stereocenters. The maximum Gasteiger partial charge on any atom is 0.342 e. The lowest BCUT2D eigenvalue weighted by Crippen LogP contribution is -2.02. The first-order valence-corrected chi connectivity index (χ1v) is 11.5. The molecule has 6 nitrogen and oxygen atoms in total. The molecule has 0 saturated carbocycles. The molecule has 0 fully saturated rings. The van der Waals surface area contributed by atoms with E-state index in [1.165, 1.54) is 0 Å². The summed E-state index contributed by atoms with van der Waals surface area (Å²) in [7, 11) is 1.56. The van der Waals surface area contributed by atoms with Crippen LogP contribution in [-0.4, -0.2) is 33.0 Å². The van der Waals surface area contributed by atoms with E-state index in [1.54, 1.807) is 37.5 Å². The zero-order valence-corrected chi connectivity index (χ0v) is 20.6. The second kappa shape index (κ2) is 10.00. The molecule has 0 aliphatic heterocycles. The van der Waals surface area contributed by atoms with Crippen molar-refractivity contribution in [1.82, 2.24) is 14.8 Å². The molecule has 3 aromatic rings. The number of ether oxygens (including phenoxy) is 1. The summed E-state index contributed by atoms with van der Waals surface area (Å²) >= 11 is 13.9. The first kappa shape index (κ1) is 22.9. The molecule has 0 amide bonds. The number of nitrogens with zero attached hydrogens (tertiary/aromatic N) is 3. The van der Waals surface area contributed by atoms with Crippen LogP contribution in [0.3, 0.4) is 0 Å². The Morgan fingerprint density at radius 2 is 1.87 bits per heavy atom. The van der Waals surface area contributed by atoms with Crippen molar-refractivity contribution < 1.29 is 14.6 Å².